The molecule has 1 saturated carbocycles. The third-order valence-electron chi connectivity index (χ3n) is 5.40. The van der Waals surface area contributed by atoms with Gasteiger partial charge in [0.25, 0.3) is 5.91 Å². The van der Waals surface area contributed by atoms with Crippen LogP contribution >= 0.6 is 11.3 Å². The summed E-state index contributed by atoms with van der Waals surface area (Å²) in [5, 5.41) is 8.10. The first-order valence-electron chi connectivity index (χ1n) is 10.4. The molecule has 30 heavy (non-hydrogen) atoms. The lowest BCUT2D eigenvalue weighted by Gasteiger charge is -2.19. The number of hydrogen-bond donors (Lipinski definition) is 2. The van der Waals surface area contributed by atoms with Crippen molar-refractivity contribution in [1.82, 2.24) is 5.32 Å². The Morgan fingerprint density at radius 3 is 2.17 bits per heavy atom. The highest BCUT2D eigenvalue weighted by Crippen LogP contribution is 2.30. The van der Waals surface area contributed by atoms with Gasteiger partial charge in [-0.05, 0) is 65.6 Å². The first-order chi connectivity index (χ1) is 14.5. The molecule has 1 aromatic heterocycles. The number of amides is 2. The molecule has 2 N–H and O–H groups in total. The molecule has 4 rings (SSSR count). The fourth-order valence-electron chi connectivity index (χ4n) is 3.36. The Balaban J connectivity index is 1.49. The maximum atomic E-state index is 13.0. The van der Waals surface area contributed by atoms with Gasteiger partial charge in [0.1, 0.15) is 0 Å². The Morgan fingerprint density at radius 1 is 0.933 bits per heavy atom. The van der Waals surface area contributed by atoms with Crippen molar-refractivity contribution in [2.45, 2.75) is 38.6 Å². The zero-order valence-electron chi connectivity index (χ0n) is 17.2. The fourth-order valence-corrected chi connectivity index (χ4v) is 4.16. The van der Waals surface area contributed by atoms with Crippen molar-refractivity contribution in [3.8, 4) is 0 Å². The van der Waals surface area contributed by atoms with E-state index < -0.39 is 0 Å². The monoisotopic (exact) mass is 418 g/mol. The van der Waals surface area contributed by atoms with E-state index in [1.165, 1.54) is 5.56 Å². The van der Waals surface area contributed by atoms with Gasteiger partial charge in [0.2, 0.25) is 5.91 Å². The van der Waals surface area contributed by atoms with Crippen molar-refractivity contribution in [3.05, 3.63) is 87.6 Å². The summed E-state index contributed by atoms with van der Waals surface area (Å²) in [6.07, 6.45) is 1.93. The first kappa shape index (κ1) is 20.4. The maximum Gasteiger partial charge on any atom is 0.252 e. The highest BCUT2D eigenvalue weighted by atomic mass is 32.1. The van der Waals surface area contributed by atoms with Gasteiger partial charge in [-0.25, -0.2) is 0 Å². The number of hydrogen-bond acceptors (Lipinski definition) is 3. The van der Waals surface area contributed by atoms with Gasteiger partial charge in [-0.1, -0.05) is 44.2 Å². The van der Waals surface area contributed by atoms with Crippen molar-refractivity contribution in [1.29, 1.82) is 0 Å². The van der Waals surface area contributed by atoms with Crippen LogP contribution in [0.3, 0.4) is 0 Å². The Hall–Kier alpha value is -2.92. The molecule has 2 aromatic carbocycles. The summed E-state index contributed by atoms with van der Waals surface area (Å²) in [6, 6.07) is 19.4. The van der Waals surface area contributed by atoms with Crippen LogP contribution in [0.5, 0.6) is 0 Å². The van der Waals surface area contributed by atoms with Crippen molar-refractivity contribution in [2.24, 2.45) is 5.92 Å². The van der Waals surface area contributed by atoms with Crippen molar-refractivity contribution >= 4 is 28.8 Å². The van der Waals surface area contributed by atoms with Gasteiger partial charge in [-0.3, -0.25) is 9.59 Å². The van der Waals surface area contributed by atoms with Gasteiger partial charge in [-0.15, -0.1) is 11.3 Å². The molecule has 0 bridgehead atoms. The summed E-state index contributed by atoms with van der Waals surface area (Å²) in [5.41, 5.74) is 3.63. The summed E-state index contributed by atoms with van der Waals surface area (Å²) in [4.78, 5) is 26.0. The number of rotatable bonds is 7. The number of anilines is 1. The minimum Gasteiger partial charge on any atom is -0.340 e. The molecule has 1 unspecified atom stereocenters. The third kappa shape index (κ3) is 4.79. The van der Waals surface area contributed by atoms with Gasteiger partial charge in [0.05, 0.1) is 6.04 Å². The van der Waals surface area contributed by atoms with E-state index in [1.54, 1.807) is 35.6 Å². The standard InChI is InChI=1S/C25H26N2O2S/c1-16(2)17-5-7-18(8-6-17)23(22-4-3-15-30-22)27-25(29)20-11-13-21(14-12-20)26-24(28)19-9-10-19/h3-8,11-16,19,23H,9-10H2,1-2H3,(H,26,28)(H,27,29). The van der Waals surface area contributed by atoms with Crippen LogP contribution in [0.2, 0.25) is 0 Å². The number of carbonyl (C=O) groups excluding carboxylic acids is 2. The van der Waals surface area contributed by atoms with E-state index in [1.807, 2.05) is 17.5 Å². The topological polar surface area (TPSA) is 58.2 Å². The van der Waals surface area contributed by atoms with Gasteiger partial charge < -0.3 is 10.6 Å². The first-order valence-corrected chi connectivity index (χ1v) is 11.2. The normalized spacial score (nSPS) is 14.4. The van der Waals surface area contributed by atoms with E-state index in [9.17, 15) is 9.59 Å². The van der Waals surface area contributed by atoms with Crippen LogP contribution in [0.15, 0.2) is 66.0 Å². The van der Waals surface area contributed by atoms with E-state index in [0.717, 1.165) is 29.0 Å². The number of benzene rings is 2. The number of thiophene rings is 1. The lowest BCUT2D eigenvalue weighted by Crippen LogP contribution is -2.28. The zero-order chi connectivity index (χ0) is 21.1. The fraction of sp³-hybridized carbons (Fsp3) is 0.280. The minimum atomic E-state index is -0.201. The molecule has 0 aliphatic heterocycles. The molecule has 2 amide bonds. The van der Waals surface area contributed by atoms with Gasteiger partial charge in [0.15, 0.2) is 0 Å². The Kier molecular flexibility index (Phi) is 6.00. The highest BCUT2D eigenvalue weighted by Gasteiger charge is 2.29. The van der Waals surface area contributed by atoms with Crippen molar-refractivity contribution in [2.75, 3.05) is 5.32 Å². The molecule has 0 radical (unpaired) electrons. The minimum absolute atomic E-state index is 0.0646. The van der Waals surface area contributed by atoms with Gasteiger partial charge >= 0.3 is 0 Å². The molecule has 5 heteroatoms. The Bertz CT molecular complexity index is 1000. The smallest absolute Gasteiger partial charge is 0.252 e. The molecule has 4 nitrogen and oxygen atoms in total. The predicted molar refractivity (Wildman–Crippen MR) is 122 cm³/mol. The zero-order valence-corrected chi connectivity index (χ0v) is 18.0. The molecule has 1 fully saturated rings. The maximum absolute atomic E-state index is 13.0. The molecule has 0 saturated heterocycles. The molecule has 0 spiro atoms. The number of carbonyl (C=O) groups is 2. The van der Waals surface area contributed by atoms with Gasteiger partial charge in [0, 0.05) is 22.0 Å². The van der Waals surface area contributed by atoms with Crippen LogP contribution in [-0.4, -0.2) is 11.8 Å². The van der Waals surface area contributed by atoms with Crippen LogP contribution in [0, 0.1) is 5.92 Å². The summed E-state index contributed by atoms with van der Waals surface area (Å²) < 4.78 is 0. The van der Waals surface area contributed by atoms with Crippen LogP contribution in [0.1, 0.15) is 65.0 Å². The SMILES string of the molecule is CC(C)c1ccc(C(NC(=O)c2ccc(NC(=O)C3CC3)cc2)c2cccs2)cc1. The predicted octanol–water partition coefficient (Wildman–Crippen LogP) is 5.74. The third-order valence-corrected chi connectivity index (χ3v) is 6.34. The summed E-state index contributed by atoms with van der Waals surface area (Å²) in [7, 11) is 0. The largest absolute Gasteiger partial charge is 0.340 e. The summed E-state index contributed by atoms with van der Waals surface area (Å²) in [6.45, 7) is 4.34. The quantitative estimate of drug-likeness (QED) is 0.514. The van der Waals surface area contributed by atoms with E-state index in [-0.39, 0.29) is 23.8 Å². The average Bonchev–Trinajstić information content (AvgIpc) is 3.47. The molecule has 154 valence electrons. The molecule has 1 aliphatic carbocycles. The second-order valence-electron chi connectivity index (χ2n) is 8.08. The van der Waals surface area contributed by atoms with Crippen LogP contribution < -0.4 is 10.6 Å². The van der Waals surface area contributed by atoms with Crippen LogP contribution in [-0.2, 0) is 4.79 Å². The van der Waals surface area contributed by atoms with Crippen LogP contribution in [0.4, 0.5) is 5.69 Å². The van der Waals surface area contributed by atoms with E-state index in [4.69, 9.17) is 0 Å². The van der Waals surface area contributed by atoms with Crippen molar-refractivity contribution < 1.29 is 9.59 Å². The number of nitrogens with one attached hydrogen (secondary N) is 2. The van der Waals surface area contributed by atoms with E-state index in [2.05, 4.69) is 48.7 Å². The summed E-state index contributed by atoms with van der Waals surface area (Å²) >= 11 is 1.63. The lowest BCUT2D eigenvalue weighted by molar-refractivity contribution is -0.117. The van der Waals surface area contributed by atoms with Crippen molar-refractivity contribution in [3.63, 3.8) is 0 Å². The highest BCUT2D eigenvalue weighted by molar-refractivity contribution is 7.10. The van der Waals surface area contributed by atoms with Crippen LogP contribution in [0.25, 0.3) is 0 Å². The second kappa shape index (κ2) is 8.84. The second-order valence-corrected chi connectivity index (χ2v) is 9.06. The lowest BCUT2D eigenvalue weighted by atomic mass is 9.98. The van der Waals surface area contributed by atoms with Gasteiger partial charge in [-0.2, -0.15) is 0 Å². The molecule has 3 aromatic rings. The molecule has 1 aliphatic rings. The Labute approximate surface area is 181 Å². The molecular weight excluding hydrogens is 392 g/mol. The molecule has 1 atom stereocenters. The molecule has 1 heterocycles. The Morgan fingerprint density at radius 2 is 1.60 bits per heavy atom. The van der Waals surface area contributed by atoms with E-state index >= 15 is 0 Å². The molecular formula is C25H26N2O2S. The summed E-state index contributed by atoms with van der Waals surface area (Å²) in [5.74, 6) is 0.547. The van der Waals surface area contributed by atoms with E-state index in [0.29, 0.717) is 11.5 Å². The average molecular weight is 419 g/mol.